The summed E-state index contributed by atoms with van der Waals surface area (Å²) in [5, 5.41) is 3.32. The zero-order valence-corrected chi connectivity index (χ0v) is 12.3. The number of nitrogens with zero attached hydrogens (tertiary/aromatic N) is 1. The Kier molecular flexibility index (Phi) is 3.79. The van der Waals surface area contributed by atoms with Crippen LogP contribution in [-0.2, 0) is 11.2 Å². The molecule has 20 heavy (non-hydrogen) atoms. The highest BCUT2D eigenvalue weighted by Crippen LogP contribution is 2.50. The van der Waals surface area contributed by atoms with Crippen LogP contribution in [0.25, 0.3) is 0 Å². The SMILES string of the molecule is CNC1CCN(C(=O)C2(Cc3ccccc3)CC2)CC1. The minimum atomic E-state index is -0.0756. The van der Waals surface area contributed by atoms with Crippen molar-refractivity contribution in [3.8, 4) is 0 Å². The molecule has 1 heterocycles. The first-order valence-electron chi connectivity index (χ1n) is 7.74. The molecule has 0 atom stereocenters. The summed E-state index contributed by atoms with van der Waals surface area (Å²) in [6.07, 6.45) is 5.21. The molecule has 0 aromatic heterocycles. The van der Waals surface area contributed by atoms with Crippen molar-refractivity contribution in [2.45, 2.75) is 38.1 Å². The zero-order chi connectivity index (χ0) is 14.0. The molecule has 1 amide bonds. The van der Waals surface area contributed by atoms with Crippen LogP contribution in [0.2, 0.25) is 0 Å². The summed E-state index contributed by atoms with van der Waals surface area (Å²) in [4.78, 5) is 14.9. The fourth-order valence-electron chi connectivity index (χ4n) is 3.31. The van der Waals surface area contributed by atoms with E-state index in [4.69, 9.17) is 0 Å². The van der Waals surface area contributed by atoms with Crippen LogP contribution in [0.15, 0.2) is 30.3 Å². The molecule has 3 nitrogen and oxygen atoms in total. The predicted octanol–water partition coefficient (Wildman–Crippen LogP) is 2.22. The highest BCUT2D eigenvalue weighted by atomic mass is 16.2. The number of hydrogen-bond acceptors (Lipinski definition) is 2. The molecule has 1 aromatic rings. The highest BCUT2D eigenvalue weighted by Gasteiger charge is 2.51. The van der Waals surface area contributed by atoms with E-state index in [2.05, 4.69) is 34.5 Å². The Morgan fingerprint density at radius 1 is 1.25 bits per heavy atom. The molecule has 1 saturated heterocycles. The Bertz CT molecular complexity index is 459. The van der Waals surface area contributed by atoms with Crippen molar-refractivity contribution >= 4 is 5.91 Å². The number of benzene rings is 1. The van der Waals surface area contributed by atoms with Crippen molar-refractivity contribution in [2.75, 3.05) is 20.1 Å². The van der Waals surface area contributed by atoms with E-state index in [0.29, 0.717) is 11.9 Å². The molecule has 0 spiro atoms. The Morgan fingerprint density at radius 2 is 1.90 bits per heavy atom. The molecule has 1 saturated carbocycles. The van der Waals surface area contributed by atoms with Gasteiger partial charge in [0.05, 0.1) is 5.41 Å². The molecule has 2 aliphatic rings. The van der Waals surface area contributed by atoms with Gasteiger partial charge in [0.2, 0.25) is 5.91 Å². The second-order valence-corrected chi connectivity index (χ2v) is 6.30. The summed E-state index contributed by atoms with van der Waals surface area (Å²) in [5.74, 6) is 0.399. The summed E-state index contributed by atoms with van der Waals surface area (Å²) in [6, 6.07) is 11.0. The zero-order valence-electron chi connectivity index (χ0n) is 12.3. The lowest BCUT2D eigenvalue weighted by Crippen LogP contribution is -2.47. The van der Waals surface area contributed by atoms with E-state index in [1.807, 2.05) is 13.1 Å². The van der Waals surface area contributed by atoms with Crippen LogP contribution >= 0.6 is 0 Å². The van der Waals surface area contributed by atoms with E-state index < -0.39 is 0 Å². The van der Waals surface area contributed by atoms with Crippen molar-refractivity contribution in [1.29, 1.82) is 0 Å². The maximum absolute atomic E-state index is 12.8. The Labute approximate surface area is 121 Å². The number of carbonyl (C=O) groups is 1. The van der Waals surface area contributed by atoms with E-state index >= 15 is 0 Å². The molecule has 1 aliphatic carbocycles. The Balaban J connectivity index is 1.62. The van der Waals surface area contributed by atoms with Crippen LogP contribution in [0.3, 0.4) is 0 Å². The fourth-order valence-corrected chi connectivity index (χ4v) is 3.31. The van der Waals surface area contributed by atoms with Crippen molar-refractivity contribution in [3.63, 3.8) is 0 Å². The standard InChI is InChI=1S/C17H24N2O/c1-18-15-7-11-19(12-8-15)16(20)17(9-10-17)13-14-5-3-2-4-6-14/h2-6,15,18H,7-13H2,1H3. The van der Waals surface area contributed by atoms with E-state index in [-0.39, 0.29) is 5.41 Å². The third kappa shape index (κ3) is 2.73. The van der Waals surface area contributed by atoms with E-state index in [1.54, 1.807) is 0 Å². The molecule has 0 bridgehead atoms. The summed E-state index contributed by atoms with van der Waals surface area (Å²) in [7, 11) is 2.01. The normalized spacial score (nSPS) is 21.8. The maximum Gasteiger partial charge on any atom is 0.229 e. The van der Waals surface area contributed by atoms with Crippen molar-refractivity contribution in [2.24, 2.45) is 5.41 Å². The van der Waals surface area contributed by atoms with E-state index in [9.17, 15) is 4.79 Å². The van der Waals surface area contributed by atoms with Gasteiger partial charge >= 0.3 is 0 Å². The number of rotatable bonds is 4. The quantitative estimate of drug-likeness (QED) is 0.911. The van der Waals surface area contributed by atoms with Gasteiger partial charge in [0.15, 0.2) is 0 Å². The first kappa shape index (κ1) is 13.6. The predicted molar refractivity (Wildman–Crippen MR) is 80.5 cm³/mol. The number of piperidine rings is 1. The largest absolute Gasteiger partial charge is 0.342 e. The second kappa shape index (κ2) is 5.57. The molecule has 0 unspecified atom stereocenters. The summed E-state index contributed by atoms with van der Waals surface area (Å²) < 4.78 is 0. The van der Waals surface area contributed by atoms with Crippen LogP contribution in [-0.4, -0.2) is 37.0 Å². The molecular weight excluding hydrogens is 248 g/mol. The lowest BCUT2D eigenvalue weighted by molar-refractivity contribution is -0.138. The molecule has 0 radical (unpaired) electrons. The third-order valence-electron chi connectivity index (χ3n) is 4.88. The van der Waals surface area contributed by atoms with Gasteiger partial charge in [0.25, 0.3) is 0 Å². The van der Waals surface area contributed by atoms with Crippen molar-refractivity contribution < 1.29 is 4.79 Å². The fraction of sp³-hybridized carbons (Fsp3) is 0.588. The smallest absolute Gasteiger partial charge is 0.229 e. The van der Waals surface area contributed by atoms with Gasteiger partial charge in [-0.05, 0) is 44.7 Å². The van der Waals surface area contributed by atoms with Gasteiger partial charge in [-0.3, -0.25) is 4.79 Å². The van der Waals surface area contributed by atoms with Crippen LogP contribution in [0.4, 0.5) is 0 Å². The van der Waals surface area contributed by atoms with Gasteiger partial charge in [0.1, 0.15) is 0 Å². The van der Waals surface area contributed by atoms with Gasteiger partial charge in [-0.1, -0.05) is 30.3 Å². The molecule has 1 N–H and O–H groups in total. The van der Waals surface area contributed by atoms with E-state index in [1.165, 1.54) is 5.56 Å². The Morgan fingerprint density at radius 3 is 2.45 bits per heavy atom. The number of carbonyl (C=O) groups excluding carboxylic acids is 1. The van der Waals surface area contributed by atoms with E-state index in [0.717, 1.165) is 45.2 Å². The average molecular weight is 272 g/mol. The van der Waals surface area contributed by atoms with Gasteiger partial charge < -0.3 is 10.2 Å². The van der Waals surface area contributed by atoms with Crippen molar-refractivity contribution in [3.05, 3.63) is 35.9 Å². The minimum Gasteiger partial charge on any atom is -0.342 e. The van der Waals surface area contributed by atoms with Gasteiger partial charge in [0, 0.05) is 19.1 Å². The molecule has 3 rings (SSSR count). The summed E-state index contributed by atoms with van der Waals surface area (Å²) in [5.41, 5.74) is 1.22. The summed E-state index contributed by atoms with van der Waals surface area (Å²) >= 11 is 0. The molecule has 2 fully saturated rings. The number of nitrogens with one attached hydrogen (secondary N) is 1. The monoisotopic (exact) mass is 272 g/mol. The van der Waals surface area contributed by atoms with Crippen LogP contribution in [0, 0.1) is 5.41 Å². The minimum absolute atomic E-state index is 0.0756. The third-order valence-corrected chi connectivity index (χ3v) is 4.88. The molecular formula is C17H24N2O. The van der Waals surface area contributed by atoms with Gasteiger partial charge in [-0.15, -0.1) is 0 Å². The first-order chi connectivity index (χ1) is 9.73. The number of likely N-dealkylation sites (tertiary alicyclic amines) is 1. The molecule has 1 aliphatic heterocycles. The van der Waals surface area contributed by atoms with Crippen LogP contribution in [0.5, 0.6) is 0 Å². The summed E-state index contributed by atoms with van der Waals surface area (Å²) in [6.45, 7) is 1.84. The molecule has 3 heteroatoms. The molecule has 1 aromatic carbocycles. The maximum atomic E-state index is 12.8. The average Bonchev–Trinajstić information content (AvgIpc) is 3.28. The van der Waals surface area contributed by atoms with Crippen molar-refractivity contribution in [1.82, 2.24) is 10.2 Å². The van der Waals surface area contributed by atoms with Crippen LogP contribution < -0.4 is 5.32 Å². The first-order valence-corrected chi connectivity index (χ1v) is 7.74. The lowest BCUT2D eigenvalue weighted by Gasteiger charge is -2.34. The lowest BCUT2D eigenvalue weighted by atomic mass is 9.93. The highest BCUT2D eigenvalue weighted by molar-refractivity contribution is 5.85. The number of hydrogen-bond donors (Lipinski definition) is 1. The number of amides is 1. The van der Waals surface area contributed by atoms with Gasteiger partial charge in [-0.2, -0.15) is 0 Å². The van der Waals surface area contributed by atoms with Crippen LogP contribution in [0.1, 0.15) is 31.2 Å². The van der Waals surface area contributed by atoms with Gasteiger partial charge in [-0.25, -0.2) is 0 Å². The second-order valence-electron chi connectivity index (χ2n) is 6.30. The molecule has 108 valence electrons. The Hall–Kier alpha value is -1.35. The topological polar surface area (TPSA) is 32.3 Å².